The molecule has 0 aliphatic carbocycles. The Morgan fingerprint density at radius 1 is 1.55 bits per heavy atom. The van der Waals surface area contributed by atoms with Gasteiger partial charge < -0.3 is 5.73 Å². The van der Waals surface area contributed by atoms with Crippen molar-refractivity contribution in [3.05, 3.63) is 0 Å². The average molecular weight is 151 g/mol. The van der Waals surface area contributed by atoms with Crippen LogP contribution in [-0.2, 0) is 4.79 Å². The minimum absolute atomic E-state index is 0.00333. The Bertz CT molecular complexity index is 302. The predicted octanol–water partition coefficient (Wildman–Crippen LogP) is -1.76. The standard InChI is InChI=1S/C5H5N5O/c6-5-8-2-1-7-10-3(2)4(11)9-5/h1,3,10H,(H2,6,9,11). The van der Waals surface area contributed by atoms with E-state index in [1.165, 1.54) is 6.21 Å². The van der Waals surface area contributed by atoms with Crippen molar-refractivity contribution in [2.45, 2.75) is 6.04 Å². The first-order valence-electron chi connectivity index (χ1n) is 3.02. The number of amides is 1. The van der Waals surface area contributed by atoms with Crippen LogP contribution in [0.15, 0.2) is 15.1 Å². The quantitative estimate of drug-likeness (QED) is 0.429. The minimum Gasteiger partial charge on any atom is -0.368 e. The van der Waals surface area contributed by atoms with E-state index in [1.807, 2.05) is 0 Å². The van der Waals surface area contributed by atoms with Crippen LogP contribution in [0.25, 0.3) is 0 Å². The molecule has 1 atom stereocenters. The molecule has 2 aliphatic heterocycles. The van der Waals surface area contributed by atoms with Crippen LogP contribution in [0.3, 0.4) is 0 Å². The number of hydrogen-bond donors (Lipinski definition) is 2. The highest BCUT2D eigenvalue weighted by atomic mass is 16.2. The van der Waals surface area contributed by atoms with E-state index in [2.05, 4.69) is 20.5 Å². The van der Waals surface area contributed by atoms with Crippen LogP contribution in [0, 0.1) is 0 Å². The first-order chi connectivity index (χ1) is 5.27. The zero-order chi connectivity index (χ0) is 7.84. The van der Waals surface area contributed by atoms with Gasteiger partial charge in [0.25, 0.3) is 5.91 Å². The molecule has 0 aromatic rings. The normalized spacial score (nSPS) is 27.3. The summed E-state index contributed by atoms with van der Waals surface area (Å²) in [4.78, 5) is 18.3. The number of rotatable bonds is 0. The van der Waals surface area contributed by atoms with E-state index in [9.17, 15) is 4.79 Å². The van der Waals surface area contributed by atoms with Gasteiger partial charge in [-0.05, 0) is 0 Å². The number of guanidine groups is 1. The summed E-state index contributed by atoms with van der Waals surface area (Å²) in [5.41, 5.74) is 8.32. The highest BCUT2D eigenvalue weighted by Gasteiger charge is 2.29. The average Bonchev–Trinajstić information content (AvgIpc) is 2.34. The van der Waals surface area contributed by atoms with Crippen LogP contribution in [-0.4, -0.2) is 29.8 Å². The number of carbonyl (C=O) groups is 1. The lowest BCUT2D eigenvalue weighted by molar-refractivity contribution is -0.118. The molecule has 6 heteroatoms. The van der Waals surface area contributed by atoms with Crippen molar-refractivity contribution < 1.29 is 4.79 Å². The van der Waals surface area contributed by atoms with E-state index in [-0.39, 0.29) is 11.9 Å². The third kappa shape index (κ3) is 0.794. The number of nitrogens with zero attached hydrogens (tertiary/aromatic N) is 3. The summed E-state index contributed by atoms with van der Waals surface area (Å²) >= 11 is 0. The van der Waals surface area contributed by atoms with Gasteiger partial charge in [0.15, 0.2) is 6.04 Å². The predicted molar refractivity (Wildman–Crippen MR) is 39.5 cm³/mol. The molecule has 6 nitrogen and oxygen atoms in total. The Hall–Kier alpha value is -1.72. The van der Waals surface area contributed by atoms with Gasteiger partial charge in [-0.1, -0.05) is 0 Å². The Morgan fingerprint density at radius 3 is 3.18 bits per heavy atom. The van der Waals surface area contributed by atoms with Gasteiger partial charge in [-0.25, -0.2) is 4.99 Å². The van der Waals surface area contributed by atoms with Crippen molar-refractivity contribution in [2.24, 2.45) is 20.8 Å². The summed E-state index contributed by atoms with van der Waals surface area (Å²) in [6.07, 6.45) is 1.46. The lowest BCUT2D eigenvalue weighted by Gasteiger charge is -2.09. The van der Waals surface area contributed by atoms with Crippen molar-refractivity contribution in [3.63, 3.8) is 0 Å². The molecule has 2 rings (SSSR count). The van der Waals surface area contributed by atoms with Crippen molar-refractivity contribution in [1.29, 1.82) is 0 Å². The molecular formula is C5H5N5O. The lowest BCUT2D eigenvalue weighted by Crippen LogP contribution is -2.40. The van der Waals surface area contributed by atoms with Crippen LogP contribution in [0.5, 0.6) is 0 Å². The van der Waals surface area contributed by atoms with Crippen molar-refractivity contribution >= 4 is 23.8 Å². The topological polar surface area (TPSA) is 92.2 Å². The number of hydrazone groups is 1. The molecule has 1 amide bonds. The second-order valence-electron chi connectivity index (χ2n) is 2.17. The van der Waals surface area contributed by atoms with E-state index < -0.39 is 6.04 Å². The molecule has 0 radical (unpaired) electrons. The summed E-state index contributed by atoms with van der Waals surface area (Å²) in [6.45, 7) is 0. The zero-order valence-electron chi connectivity index (χ0n) is 5.48. The van der Waals surface area contributed by atoms with Crippen molar-refractivity contribution in [1.82, 2.24) is 5.43 Å². The zero-order valence-corrected chi connectivity index (χ0v) is 5.48. The van der Waals surface area contributed by atoms with Crippen LogP contribution >= 0.6 is 0 Å². The van der Waals surface area contributed by atoms with Gasteiger partial charge in [0.05, 0.1) is 11.9 Å². The third-order valence-corrected chi connectivity index (χ3v) is 1.41. The van der Waals surface area contributed by atoms with Crippen LogP contribution in [0.1, 0.15) is 0 Å². The molecule has 0 spiro atoms. The number of nitrogens with two attached hydrogens (primary N) is 1. The van der Waals surface area contributed by atoms with E-state index in [0.717, 1.165) is 0 Å². The largest absolute Gasteiger partial charge is 0.368 e. The highest BCUT2D eigenvalue weighted by Crippen LogP contribution is 2.02. The fourth-order valence-electron chi connectivity index (χ4n) is 0.928. The number of nitrogens with one attached hydrogen (secondary N) is 1. The minimum atomic E-state index is -0.512. The van der Waals surface area contributed by atoms with Crippen LogP contribution in [0.4, 0.5) is 0 Å². The van der Waals surface area contributed by atoms with E-state index in [1.54, 1.807) is 0 Å². The second-order valence-corrected chi connectivity index (χ2v) is 2.17. The molecule has 0 saturated heterocycles. The smallest absolute Gasteiger partial charge is 0.279 e. The molecule has 11 heavy (non-hydrogen) atoms. The van der Waals surface area contributed by atoms with Crippen molar-refractivity contribution in [2.75, 3.05) is 0 Å². The molecule has 2 aliphatic rings. The number of carbonyl (C=O) groups excluding carboxylic acids is 1. The highest BCUT2D eigenvalue weighted by molar-refractivity contribution is 6.42. The monoisotopic (exact) mass is 151 g/mol. The molecule has 3 N–H and O–H groups in total. The molecule has 0 bridgehead atoms. The SMILES string of the molecule is NC1=NC(=O)C2NN=CC2=N1. The van der Waals surface area contributed by atoms with E-state index in [0.29, 0.717) is 5.71 Å². The number of hydrogen-bond acceptors (Lipinski definition) is 5. The summed E-state index contributed by atoms with van der Waals surface area (Å²) < 4.78 is 0. The van der Waals surface area contributed by atoms with Gasteiger partial charge in [-0.2, -0.15) is 10.1 Å². The van der Waals surface area contributed by atoms with Crippen LogP contribution < -0.4 is 11.2 Å². The molecule has 2 heterocycles. The first kappa shape index (κ1) is 6.02. The van der Waals surface area contributed by atoms with E-state index in [4.69, 9.17) is 5.73 Å². The first-order valence-corrected chi connectivity index (χ1v) is 3.02. The molecule has 0 fully saturated rings. The Kier molecular flexibility index (Phi) is 1.03. The maximum atomic E-state index is 11.0. The van der Waals surface area contributed by atoms with Gasteiger partial charge in [-0.15, -0.1) is 0 Å². The van der Waals surface area contributed by atoms with E-state index >= 15 is 0 Å². The van der Waals surface area contributed by atoms with Gasteiger partial charge in [-0.3, -0.25) is 10.2 Å². The van der Waals surface area contributed by atoms with Crippen LogP contribution in [0.2, 0.25) is 0 Å². The van der Waals surface area contributed by atoms with Gasteiger partial charge in [0, 0.05) is 0 Å². The molecule has 0 saturated carbocycles. The molecule has 0 aromatic carbocycles. The fraction of sp³-hybridized carbons (Fsp3) is 0.200. The third-order valence-electron chi connectivity index (χ3n) is 1.41. The molecular weight excluding hydrogens is 146 g/mol. The lowest BCUT2D eigenvalue weighted by atomic mass is 10.2. The maximum Gasteiger partial charge on any atom is 0.279 e. The molecule has 56 valence electrons. The van der Waals surface area contributed by atoms with Gasteiger partial charge in [0.2, 0.25) is 5.96 Å². The summed E-state index contributed by atoms with van der Waals surface area (Å²) in [7, 11) is 0. The van der Waals surface area contributed by atoms with Gasteiger partial charge >= 0.3 is 0 Å². The molecule has 0 aromatic heterocycles. The van der Waals surface area contributed by atoms with Gasteiger partial charge in [0.1, 0.15) is 0 Å². The Morgan fingerprint density at radius 2 is 2.36 bits per heavy atom. The number of fused-ring (bicyclic) bond motifs is 1. The second kappa shape index (κ2) is 1.88. The Balaban J connectivity index is 2.42. The molecule has 1 unspecified atom stereocenters. The summed E-state index contributed by atoms with van der Waals surface area (Å²) in [5, 5.41) is 3.66. The number of aliphatic imine (C=N–C) groups is 2. The Labute approximate surface area is 61.9 Å². The fourth-order valence-corrected chi connectivity index (χ4v) is 0.928. The van der Waals surface area contributed by atoms with Crippen molar-refractivity contribution in [3.8, 4) is 0 Å². The summed E-state index contributed by atoms with van der Waals surface area (Å²) in [5.74, 6) is -0.346. The maximum absolute atomic E-state index is 11.0. The summed E-state index contributed by atoms with van der Waals surface area (Å²) in [6, 6.07) is -0.512.